The van der Waals surface area contributed by atoms with Gasteiger partial charge in [-0.25, -0.2) is 4.79 Å². The van der Waals surface area contributed by atoms with Crippen molar-refractivity contribution in [1.82, 2.24) is 0 Å². The molecule has 14 heavy (non-hydrogen) atoms. The second kappa shape index (κ2) is 5.86. The van der Waals surface area contributed by atoms with Crippen molar-refractivity contribution in [2.24, 2.45) is 0 Å². The maximum Gasteiger partial charge on any atom is 0.338 e. The average Bonchev–Trinajstić information content (AvgIpc) is 2.23. The molecule has 8 heteroatoms. The zero-order valence-corrected chi connectivity index (χ0v) is 7.02. The molecule has 0 spiro atoms. The molecule has 1 rings (SSSR count). The molecular weight excluding hydrogens is 200 g/mol. The first-order valence-electron chi connectivity index (χ1n) is 3.63. The van der Waals surface area contributed by atoms with E-state index >= 15 is 0 Å². The van der Waals surface area contributed by atoms with Gasteiger partial charge in [-0.05, 0) is 0 Å². The summed E-state index contributed by atoms with van der Waals surface area (Å²) in [5.41, 5.74) is 0. The van der Waals surface area contributed by atoms with Gasteiger partial charge in [0.05, 0.1) is 6.61 Å². The molecule has 84 valence electrons. The fraction of sp³-hybridized carbons (Fsp3) is 0.833. The van der Waals surface area contributed by atoms with E-state index in [1.54, 1.807) is 0 Å². The molecule has 0 radical (unpaired) electrons. The lowest BCUT2D eigenvalue weighted by molar-refractivity contribution is -0.206. The van der Waals surface area contributed by atoms with Crippen LogP contribution >= 0.6 is 0 Å². The Morgan fingerprint density at radius 3 is 2.07 bits per heavy atom. The Kier molecular flexibility index (Phi) is 5.53. The first kappa shape index (κ1) is 13.2. The molecule has 0 bridgehead atoms. The number of aliphatic hydroxyl groups is 4. The molecule has 1 aliphatic rings. The molecule has 0 aromatic heterocycles. The maximum absolute atomic E-state index is 10.7. The first-order valence-corrected chi connectivity index (χ1v) is 3.63. The van der Waals surface area contributed by atoms with Crippen molar-refractivity contribution < 1.29 is 40.5 Å². The fourth-order valence-electron chi connectivity index (χ4n) is 0.980. The summed E-state index contributed by atoms with van der Waals surface area (Å²) in [6.07, 6.45) is -5.93. The third-order valence-electron chi connectivity index (χ3n) is 1.74. The molecule has 1 aliphatic heterocycles. The second-order valence-electron chi connectivity index (χ2n) is 2.58. The summed E-state index contributed by atoms with van der Waals surface area (Å²) in [6, 6.07) is 0. The first-order chi connectivity index (χ1) is 6.57. The van der Waals surface area contributed by atoms with Crippen molar-refractivity contribution in [2.45, 2.75) is 24.4 Å². The van der Waals surface area contributed by atoms with Gasteiger partial charge in [-0.3, -0.25) is 10.5 Å². The van der Waals surface area contributed by atoms with E-state index in [4.69, 9.17) is 30.9 Å². The molecule has 0 aromatic rings. The van der Waals surface area contributed by atoms with Gasteiger partial charge in [0.1, 0.15) is 12.2 Å². The average molecular weight is 212 g/mol. The number of hydrogen-bond donors (Lipinski definition) is 6. The van der Waals surface area contributed by atoms with Gasteiger partial charge in [0.2, 0.25) is 0 Å². The van der Waals surface area contributed by atoms with Gasteiger partial charge in [0, 0.05) is 0 Å². The Balaban J connectivity index is 0.000000791. The standard InChI is InChI=1S/C6H10O6.H2O2/c7-1-2-3(8)4(9)5(10)6(11)12-2;1-2/h2-5,7-10H,1H2;1-2H/t2-,3-,4+,5-;/m1./s1. The highest BCUT2D eigenvalue weighted by Gasteiger charge is 2.43. The smallest absolute Gasteiger partial charge is 0.338 e. The van der Waals surface area contributed by atoms with E-state index in [0.29, 0.717) is 0 Å². The molecule has 1 heterocycles. The van der Waals surface area contributed by atoms with E-state index in [0.717, 1.165) is 0 Å². The number of esters is 1. The summed E-state index contributed by atoms with van der Waals surface area (Å²) in [6.45, 7) is -0.587. The summed E-state index contributed by atoms with van der Waals surface area (Å²) in [4.78, 5) is 10.7. The monoisotopic (exact) mass is 212 g/mol. The van der Waals surface area contributed by atoms with Crippen LogP contribution in [-0.2, 0) is 9.53 Å². The molecule has 0 aliphatic carbocycles. The predicted octanol–water partition coefficient (Wildman–Crippen LogP) is -3.00. The van der Waals surface area contributed by atoms with E-state index in [9.17, 15) is 4.79 Å². The highest BCUT2D eigenvalue weighted by Crippen LogP contribution is 2.15. The lowest BCUT2D eigenvalue weighted by Crippen LogP contribution is -2.56. The predicted molar refractivity (Wildman–Crippen MR) is 40.2 cm³/mol. The molecule has 0 aromatic carbocycles. The van der Waals surface area contributed by atoms with E-state index < -0.39 is 37.0 Å². The van der Waals surface area contributed by atoms with Crippen molar-refractivity contribution in [3.05, 3.63) is 0 Å². The van der Waals surface area contributed by atoms with Crippen LogP contribution in [0.15, 0.2) is 0 Å². The van der Waals surface area contributed by atoms with Gasteiger partial charge in [0.25, 0.3) is 0 Å². The largest absolute Gasteiger partial charge is 0.455 e. The molecule has 0 unspecified atom stereocenters. The van der Waals surface area contributed by atoms with Crippen LogP contribution in [0.5, 0.6) is 0 Å². The Morgan fingerprint density at radius 2 is 1.64 bits per heavy atom. The van der Waals surface area contributed by atoms with Gasteiger partial charge in [0.15, 0.2) is 12.2 Å². The Morgan fingerprint density at radius 1 is 1.14 bits per heavy atom. The number of carbonyl (C=O) groups excluding carboxylic acids is 1. The zero-order valence-electron chi connectivity index (χ0n) is 7.02. The van der Waals surface area contributed by atoms with E-state index in [1.165, 1.54) is 0 Å². The normalized spacial score (nSPS) is 36.9. The van der Waals surface area contributed by atoms with Gasteiger partial charge >= 0.3 is 5.97 Å². The Labute approximate surface area is 78.5 Å². The van der Waals surface area contributed by atoms with Crippen molar-refractivity contribution in [3.8, 4) is 0 Å². The van der Waals surface area contributed by atoms with E-state index in [1.807, 2.05) is 0 Å². The third kappa shape index (κ3) is 2.61. The molecule has 4 atom stereocenters. The van der Waals surface area contributed by atoms with Crippen LogP contribution in [0, 0.1) is 0 Å². The molecule has 0 saturated carbocycles. The number of cyclic esters (lactones) is 1. The molecule has 6 N–H and O–H groups in total. The summed E-state index contributed by atoms with van der Waals surface area (Å²) < 4.78 is 4.38. The summed E-state index contributed by atoms with van der Waals surface area (Å²) in [7, 11) is 0. The number of rotatable bonds is 1. The topological polar surface area (TPSA) is 148 Å². The third-order valence-corrected chi connectivity index (χ3v) is 1.74. The van der Waals surface area contributed by atoms with Gasteiger partial charge in [-0.1, -0.05) is 0 Å². The Bertz CT molecular complexity index is 181. The maximum atomic E-state index is 10.7. The fourth-order valence-corrected chi connectivity index (χ4v) is 0.980. The van der Waals surface area contributed by atoms with Crippen LogP contribution in [0.25, 0.3) is 0 Å². The molecule has 0 amide bonds. The van der Waals surface area contributed by atoms with Gasteiger partial charge in [-0.15, -0.1) is 0 Å². The second-order valence-corrected chi connectivity index (χ2v) is 2.58. The zero-order chi connectivity index (χ0) is 11.3. The van der Waals surface area contributed by atoms with Crippen LogP contribution in [0.4, 0.5) is 0 Å². The highest BCUT2D eigenvalue weighted by molar-refractivity contribution is 5.76. The van der Waals surface area contributed by atoms with E-state index in [-0.39, 0.29) is 0 Å². The van der Waals surface area contributed by atoms with E-state index in [2.05, 4.69) is 4.74 Å². The number of hydrogen-bond acceptors (Lipinski definition) is 8. The van der Waals surface area contributed by atoms with Crippen molar-refractivity contribution >= 4 is 5.97 Å². The number of ether oxygens (including phenoxy) is 1. The van der Waals surface area contributed by atoms with Crippen LogP contribution in [0.2, 0.25) is 0 Å². The minimum atomic E-state index is -1.73. The van der Waals surface area contributed by atoms with Gasteiger partial charge < -0.3 is 25.2 Å². The molecule has 1 fully saturated rings. The molecule has 1 saturated heterocycles. The molecular formula is C6H12O8. The van der Waals surface area contributed by atoms with Crippen LogP contribution in [0.3, 0.4) is 0 Å². The van der Waals surface area contributed by atoms with Crippen LogP contribution < -0.4 is 0 Å². The quantitative estimate of drug-likeness (QED) is 0.153. The highest BCUT2D eigenvalue weighted by atomic mass is 17.0. The minimum Gasteiger partial charge on any atom is -0.455 e. The van der Waals surface area contributed by atoms with Gasteiger partial charge in [-0.2, -0.15) is 0 Å². The van der Waals surface area contributed by atoms with Crippen LogP contribution in [-0.4, -0.2) is 67.9 Å². The van der Waals surface area contributed by atoms with Crippen molar-refractivity contribution in [2.75, 3.05) is 6.61 Å². The van der Waals surface area contributed by atoms with Crippen molar-refractivity contribution in [3.63, 3.8) is 0 Å². The van der Waals surface area contributed by atoms with Crippen LogP contribution in [0.1, 0.15) is 0 Å². The minimum absolute atomic E-state index is 0.587. The molecule has 8 nitrogen and oxygen atoms in total. The number of aliphatic hydroxyl groups excluding tert-OH is 4. The Hall–Kier alpha value is -0.770. The lowest BCUT2D eigenvalue weighted by Gasteiger charge is -2.32. The van der Waals surface area contributed by atoms with Crippen molar-refractivity contribution in [1.29, 1.82) is 0 Å². The summed E-state index contributed by atoms with van der Waals surface area (Å²) >= 11 is 0. The SMILES string of the molecule is O=C1O[C@H](CO)[C@@H](O)[C@H](O)[C@H]1O.OO. The number of carbonyl (C=O) groups is 1. The summed E-state index contributed by atoms with van der Waals surface area (Å²) in [5, 5.41) is 47.5. The summed E-state index contributed by atoms with van der Waals surface area (Å²) in [5.74, 6) is -1.04. The lowest BCUT2D eigenvalue weighted by atomic mass is 10.0.